The van der Waals surface area contributed by atoms with Gasteiger partial charge in [-0.25, -0.2) is 0 Å². The SMILES string of the molecule is Cc1ccc(CNc2ccc(NC(=O)c3ccccc3C)cc2)s1. The van der Waals surface area contributed by atoms with E-state index in [1.807, 2.05) is 55.5 Å². The highest BCUT2D eigenvalue weighted by molar-refractivity contribution is 7.11. The highest BCUT2D eigenvalue weighted by Gasteiger charge is 2.08. The Labute approximate surface area is 146 Å². The maximum absolute atomic E-state index is 12.3. The molecular weight excluding hydrogens is 316 g/mol. The zero-order valence-electron chi connectivity index (χ0n) is 13.8. The van der Waals surface area contributed by atoms with Gasteiger partial charge in [0.25, 0.3) is 5.91 Å². The van der Waals surface area contributed by atoms with Gasteiger partial charge in [-0.05, 0) is 61.9 Å². The van der Waals surface area contributed by atoms with Gasteiger partial charge in [0.15, 0.2) is 0 Å². The Morgan fingerprint density at radius 2 is 1.62 bits per heavy atom. The minimum atomic E-state index is -0.0807. The number of amides is 1. The molecule has 0 saturated carbocycles. The van der Waals surface area contributed by atoms with Crippen molar-refractivity contribution in [2.75, 3.05) is 10.6 Å². The predicted octanol–water partition coefficient (Wildman–Crippen LogP) is 5.23. The molecule has 2 N–H and O–H groups in total. The maximum Gasteiger partial charge on any atom is 0.255 e. The third-order valence-electron chi connectivity index (χ3n) is 3.80. The molecule has 1 amide bonds. The summed E-state index contributed by atoms with van der Waals surface area (Å²) in [6.45, 7) is 4.86. The number of benzene rings is 2. The monoisotopic (exact) mass is 336 g/mol. The molecule has 3 aromatic rings. The summed E-state index contributed by atoms with van der Waals surface area (Å²) in [5.41, 5.74) is 3.50. The summed E-state index contributed by atoms with van der Waals surface area (Å²) in [7, 11) is 0. The summed E-state index contributed by atoms with van der Waals surface area (Å²) in [5, 5.41) is 6.33. The number of hydrogen-bond donors (Lipinski definition) is 2. The van der Waals surface area contributed by atoms with E-state index < -0.39 is 0 Å². The Kier molecular flexibility index (Phi) is 4.96. The molecule has 0 aliphatic rings. The first-order valence-electron chi connectivity index (χ1n) is 7.88. The molecule has 24 heavy (non-hydrogen) atoms. The van der Waals surface area contributed by atoms with Crippen LogP contribution in [0.2, 0.25) is 0 Å². The van der Waals surface area contributed by atoms with Crippen molar-refractivity contribution in [2.24, 2.45) is 0 Å². The Bertz CT molecular complexity index is 837. The molecule has 1 heterocycles. The third-order valence-corrected chi connectivity index (χ3v) is 4.80. The second kappa shape index (κ2) is 7.32. The lowest BCUT2D eigenvalue weighted by Gasteiger charge is -2.09. The minimum Gasteiger partial charge on any atom is -0.380 e. The Morgan fingerprint density at radius 3 is 2.29 bits per heavy atom. The molecule has 0 radical (unpaired) electrons. The quantitative estimate of drug-likeness (QED) is 0.670. The molecule has 0 aliphatic heterocycles. The van der Waals surface area contributed by atoms with Crippen LogP contribution in [0, 0.1) is 13.8 Å². The molecule has 0 aliphatic carbocycles. The highest BCUT2D eigenvalue weighted by atomic mass is 32.1. The standard InChI is InChI=1S/C20H20N2OS/c1-14-5-3-4-6-19(14)20(23)22-17-10-8-16(9-11-17)21-13-18-12-7-15(2)24-18/h3-12,21H,13H2,1-2H3,(H,22,23). The second-order valence-corrected chi connectivity index (χ2v) is 7.08. The van der Waals surface area contributed by atoms with E-state index in [4.69, 9.17) is 0 Å². The topological polar surface area (TPSA) is 41.1 Å². The average molecular weight is 336 g/mol. The smallest absolute Gasteiger partial charge is 0.255 e. The molecule has 3 rings (SSSR count). The fourth-order valence-corrected chi connectivity index (χ4v) is 3.30. The minimum absolute atomic E-state index is 0.0807. The van der Waals surface area contributed by atoms with Crippen LogP contribution in [0.5, 0.6) is 0 Å². The van der Waals surface area contributed by atoms with Gasteiger partial charge < -0.3 is 10.6 Å². The zero-order valence-corrected chi connectivity index (χ0v) is 14.6. The van der Waals surface area contributed by atoms with E-state index in [9.17, 15) is 4.79 Å². The number of nitrogens with one attached hydrogen (secondary N) is 2. The van der Waals surface area contributed by atoms with Gasteiger partial charge in [0.2, 0.25) is 0 Å². The third kappa shape index (κ3) is 4.03. The zero-order chi connectivity index (χ0) is 16.9. The van der Waals surface area contributed by atoms with Crippen molar-refractivity contribution in [3.8, 4) is 0 Å². The number of thiophene rings is 1. The largest absolute Gasteiger partial charge is 0.380 e. The molecule has 2 aromatic carbocycles. The van der Waals surface area contributed by atoms with Gasteiger partial charge >= 0.3 is 0 Å². The molecule has 3 nitrogen and oxygen atoms in total. The average Bonchev–Trinajstić information content (AvgIpc) is 3.00. The van der Waals surface area contributed by atoms with Crippen molar-refractivity contribution in [2.45, 2.75) is 20.4 Å². The molecular formula is C20H20N2OS. The van der Waals surface area contributed by atoms with Crippen LogP contribution in [-0.4, -0.2) is 5.91 Å². The fraction of sp³-hybridized carbons (Fsp3) is 0.150. The molecule has 0 spiro atoms. The molecule has 0 saturated heterocycles. The number of hydrogen-bond acceptors (Lipinski definition) is 3. The maximum atomic E-state index is 12.3. The van der Waals surface area contributed by atoms with E-state index >= 15 is 0 Å². The highest BCUT2D eigenvalue weighted by Crippen LogP contribution is 2.19. The number of rotatable bonds is 5. The summed E-state index contributed by atoms with van der Waals surface area (Å²) < 4.78 is 0. The first kappa shape index (κ1) is 16.3. The molecule has 4 heteroatoms. The van der Waals surface area contributed by atoms with Gasteiger partial charge in [0.05, 0.1) is 0 Å². The first-order valence-corrected chi connectivity index (χ1v) is 8.70. The van der Waals surface area contributed by atoms with Crippen LogP contribution in [0.25, 0.3) is 0 Å². The Balaban J connectivity index is 1.60. The molecule has 1 aromatic heterocycles. The fourth-order valence-electron chi connectivity index (χ4n) is 2.47. The van der Waals surface area contributed by atoms with E-state index in [2.05, 4.69) is 29.7 Å². The van der Waals surface area contributed by atoms with E-state index in [0.29, 0.717) is 5.56 Å². The van der Waals surface area contributed by atoms with Crippen molar-refractivity contribution in [3.05, 3.63) is 81.5 Å². The number of aryl methyl sites for hydroxylation is 2. The number of anilines is 2. The lowest BCUT2D eigenvalue weighted by atomic mass is 10.1. The number of carbonyl (C=O) groups is 1. The summed E-state index contributed by atoms with van der Waals surface area (Å²) in [5.74, 6) is -0.0807. The lowest BCUT2D eigenvalue weighted by molar-refractivity contribution is 0.102. The van der Waals surface area contributed by atoms with Crippen LogP contribution in [0.4, 0.5) is 11.4 Å². The van der Waals surface area contributed by atoms with Crippen LogP contribution in [-0.2, 0) is 6.54 Å². The van der Waals surface area contributed by atoms with Crippen molar-refractivity contribution in [1.82, 2.24) is 0 Å². The predicted molar refractivity (Wildman–Crippen MR) is 102 cm³/mol. The van der Waals surface area contributed by atoms with E-state index in [1.165, 1.54) is 9.75 Å². The summed E-state index contributed by atoms with van der Waals surface area (Å²) in [6.07, 6.45) is 0. The van der Waals surface area contributed by atoms with Crippen LogP contribution >= 0.6 is 11.3 Å². The van der Waals surface area contributed by atoms with E-state index in [1.54, 1.807) is 11.3 Å². The lowest BCUT2D eigenvalue weighted by Crippen LogP contribution is -2.13. The van der Waals surface area contributed by atoms with Gasteiger partial charge in [-0.1, -0.05) is 18.2 Å². The van der Waals surface area contributed by atoms with Gasteiger partial charge in [-0.2, -0.15) is 0 Å². The van der Waals surface area contributed by atoms with Crippen LogP contribution < -0.4 is 10.6 Å². The van der Waals surface area contributed by atoms with Gasteiger partial charge in [-0.15, -0.1) is 11.3 Å². The molecule has 0 fully saturated rings. The van der Waals surface area contributed by atoms with E-state index in [0.717, 1.165) is 23.5 Å². The Hall–Kier alpha value is -2.59. The van der Waals surface area contributed by atoms with Crippen molar-refractivity contribution in [1.29, 1.82) is 0 Å². The first-order chi connectivity index (χ1) is 11.6. The molecule has 122 valence electrons. The van der Waals surface area contributed by atoms with Crippen molar-refractivity contribution >= 4 is 28.6 Å². The summed E-state index contributed by atoms with van der Waals surface area (Å²) in [6, 6.07) is 19.6. The van der Waals surface area contributed by atoms with Gasteiger partial charge in [0, 0.05) is 33.2 Å². The summed E-state index contributed by atoms with van der Waals surface area (Å²) in [4.78, 5) is 14.9. The molecule has 0 bridgehead atoms. The molecule has 0 atom stereocenters. The second-order valence-electron chi connectivity index (χ2n) is 5.71. The normalized spacial score (nSPS) is 10.4. The van der Waals surface area contributed by atoms with Gasteiger partial charge in [0.1, 0.15) is 0 Å². The van der Waals surface area contributed by atoms with Crippen molar-refractivity contribution in [3.63, 3.8) is 0 Å². The van der Waals surface area contributed by atoms with Crippen LogP contribution in [0.3, 0.4) is 0 Å². The molecule has 0 unspecified atom stereocenters. The number of carbonyl (C=O) groups excluding carboxylic acids is 1. The summed E-state index contributed by atoms with van der Waals surface area (Å²) >= 11 is 1.80. The van der Waals surface area contributed by atoms with Crippen LogP contribution in [0.1, 0.15) is 25.7 Å². The van der Waals surface area contributed by atoms with Gasteiger partial charge in [-0.3, -0.25) is 4.79 Å². The Morgan fingerprint density at radius 1 is 0.917 bits per heavy atom. The van der Waals surface area contributed by atoms with E-state index in [-0.39, 0.29) is 5.91 Å². The van der Waals surface area contributed by atoms with Crippen molar-refractivity contribution < 1.29 is 4.79 Å². The van der Waals surface area contributed by atoms with Crippen LogP contribution in [0.15, 0.2) is 60.7 Å².